The van der Waals surface area contributed by atoms with Gasteiger partial charge in [0.2, 0.25) is 0 Å². The van der Waals surface area contributed by atoms with Crippen LogP contribution in [0.15, 0.2) is 24.3 Å². The third kappa shape index (κ3) is 6.30. The van der Waals surface area contributed by atoms with E-state index in [1.165, 1.54) is 6.26 Å². The van der Waals surface area contributed by atoms with Crippen LogP contribution in [0.3, 0.4) is 0 Å². The largest absolute Gasteiger partial charge is 0.496 e. The first-order valence-corrected chi connectivity index (χ1v) is 8.91. The van der Waals surface area contributed by atoms with E-state index >= 15 is 0 Å². The lowest BCUT2D eigenvalue weighted by Crippen LogP contribution is -2.11. The van der Waals surface area contributed by atoms with E-state index in [9.17, 15) is 8.42 Å². The summed E-state index contributed by atoms with van der Waals surface area (Å²) in [6, 6.07) is 7.85. The van der Waals surface area contributed by atoms with Crippen molar-refractivity contribution >= 4 is 21.4 Å². The number of rotatable bonds is 8. The van der Waals surface area contributed by atoms with Gasteiger partial charge in [0.15, 0.2) is 0 Å². The minimum absolute atomic E-state index is 0.228. The van der Waals surface area contributed by atoms with Crippen molar-refractivity contribution in [3.8, 4) is 5.75 Å². The fourth-order valence-electron chi connectivity index (χ4n) is 2.05. The van der Waals surface area contributed by atoms with E-state index in [4.69, 9.17) is 16.3 Å². The smallest absolute Gasteiger partial charge is 0.147 e. The molecule has 108 valence electrons. The van der Waals surface area contributed by atoms with Crippen LogP contribution in [0.25, 0.3) is 0 Å². The number of para-hydroxylation sites is 1. The molecule has 0 heterocycles. The van der Waals surface area contributed by atoms with Crippen LogP contribution in [0.5, 0.6) is 5.75 Å². The lowest BCUT2D eigenvalue weighted by Gasteiger charge is -2.15. The van der Waals surface area contributed by atoms with E-state index in [0.29, 0.717) is 12.3 Å². The molecule has 1 rings (SSSR count). The normalized spacial score (nSPS) is 13.2. The Kier molecular flexibility index (Phi) is 6.66. The zero-order valence-corrected chi connectivity index (χ0v) is 13.0. The van der Waals surface area contributed by atoms with E-state index < -0.39 is 9.84 Å². The molecule has 0 saturated heterocycles. The van der Waals surface area contributed by atoms with Gasteiger partial charge < -0.3 is 4.74 Å². The average molecular weight is 305 g/mol. The van der Waals surface area contributed by atoms with Gasteiger partial charge in [0.1, 0.15) is 15.6 Å². The van der Waals surface area contributed by atoms with Crippen molar-refractivity contribution < 1.29 is 13.2 Å². The molecule has 1 aromatic carbocycles. The summed E-state index contributed by atoms with van der Waals surface area (Å²) in [7, 11) is -1.23. The Morgan fingerprint density at radius 1 is 1.32 bits per heavy atom. The molecule has 0 aliphatic carbocycles. The fraction of sp³-hybridized carbons (Fsp3) is 0.571. The van der Waals surface area contributed by atoms with Crippen molar-refractivity contribution in [2.75, 3.05) is 25.0 Å². The maximum atomic E-state index is 11.1. The van der Waals surface area contributed by atoms with Gasteiger partial charge in [-0.15, -0.1) is 11.6 Å². The van der Waals surface area contributed by atoms with Gasteiger partial charge in [-0.05, 0) is 36.8 Å². The van der Waals surface area contributed by atoms with Gasteiger partial charge in [-0.3, -0.25) is 0 Å². The van der Waals surface area contributed by atoms with Crippen molar-refractivity contribution in [2.45, 2.75) is 19.3 Å². The number of hydrogen-bond donors (Lipinski definition) is 0. The van der Waals surface area contributed by atoms with Gasteiger partial charge in [0.05, 0.1) is 7.11 Å². The predicted molar refractivity (Wildman–Crippen MR) is 79.9 cm³/mol. The molecule has 5 heteroatoms. The topological polar surface area (TPSA) is 43.4 Å². The van der Waals surface area contributed by atoms with E-state index in [1.54, 1.807) is 7.11 Å². The first kappa shape index (κ1) is 16.3. The van der Waals surface area contributed by atoms with E-state index in [-0.39, 0.29) is 11.7 Å². The Hall–Kier alpha value is -0.740. The zero-order chi connectivity index (χ0) is 14.3. The number of benzene rings is 1. The Morgan fingerprint density at radius 2 is 2.00 bits per heavy atom. The summed E-state index contributed by atoms with van der Waals surface area (Å²) >= 11 is 5.97. The summed E-state index contributed by atoms with van der Waals surface area (Å²) in [6.45, 7) is 0. The Balaban J connectivity index is 2.56. The molecule has 1 aromatic rings. The molecule has 3 nitrogen and oxygen atoms in total. The van der Waals surface area contributed by atoms with Crippen LogP contribution in [-0.2, 0) is 16.3 Å². The lowest BCUT2D eigenvalue weighted by molar-refractivity contribution is 0.404. The van der Waals surface area contributed by atoms with Gasteiger partial charge in [0.25, 0.3) is 0 Å². The van der Waals surface area contributed by atoms with Crippen LogP contribution in [-0.4, -0.2) is 33.4 Å². The molecule has 0 N–H and O–H groups in total. The molecule has 1 atom stereocenters. The number of methoxy groups -OCH3 is 1. The molecule has 0 bridgehead atoms. The second-order valence-electron chi connectivity index (χ2n) is 4.81. The number of sulfone groups is 1. The summed E-state index contributed by atoms with van der Waals surface area (Å²) in [5, 5.41) is 0. The van der Waals surface area contributed by atoms with Gasteiger partial charge in [-0.25, -0.2) is 8.42 Å². The first-order valence-electron chi connectivity index (χ1n) is 6.32. The van der Waals surface area contributed by atoms with E-state index in [0.717, 1.165) is 24.2 Å². The first-order chi connectivity index (χ1) is 8.96. The molecule has 0 aliphatic heterocycles. The minimum Gasteiger partial charge on any atom is -0.496 e. The van der Waals surface area contributed by atoms with Gasteiger partial charge in [0, 0.05) is 17.9 Å². The Bertz CT molecular complexity index is 485. The summed E-state index contributed by atoms with van der Waals surface area (Å²) in [6.07, 6.45) is 3.56. The number of alkyl halides is 1. The van der Waals surface area contributed by atoms with Crippen molar-refractivity contribution in [3.63, 3.8) is 0 Å². The number of halogens is 1. The van der Waals surface area contributed by atoms with Crippen molar-refractivity contribution in [1.82, 2.24) is 0 Å². The van der Waals surface area contributed by atoms with Crippen LogP contribution in [0.1, 0.15) is 18.4 Å². The standard InChI is InChI=1S/C14H21ClO3S/c1-18-14-8-4-3-7-13(14)10-12(11-15)6-5-9-19(2,16)17/h3-4,7-8,12H,5-6,9-11H2,1-2H3. The van der Waals surface area contributed by atoms with Crippen LogP contribution in [0, 0.1) is 5.92 Å². The molecule has 0 aromatic heterocycles. The molecule has 0 spiro atoms. The Labute approximate surface area is 120 Å². The summed E-state index contributed by atoms with van der Waals surface area (Å²) in [5.41, 5.74) is 1.12. The summed E-state index contributed by atoms with van der Waals surface area (Å²) < 4.78 is 27.5. The maximum Gasteiger partial charge on any atom is 0.147 e. The lowest BCUT2D eigenvalue weighted by atomic mass is 9.96. The molecule has 1 unspecified atom stereocenters. The second kappa shape index (κ2) is 7.75. The van der Waals surface area contributed by atoms with Crippen LogP contribution in [0.2, 0.25) is 0 Å². The highest BCUT2D eigenvalue weighted by Gasteiger charge is 2.13. The molecule has 19 heavy (non-hydrogen) atoms. The molecular weight excluding hydrogens is 284 g/mol. The highest BCUT2D eigenvalue weighted by atomic mass is 35.5. The third-order valence-electron chi connectivity index (χ3n) is 3.05. The van der Waals surface area contributed by atoms with Gasteiger partial charge >= 0.3 is 0 Å². The number of ether oxygens (including phenoxy) is 1. The fourth-order valence-corrected chi connectivity index (χ4v) is 3.01. The molecule has 0 amide bonds. The molecule has 0 fully saturated rings. The molecule has 0 saturated carbocycles. The molecular formula is C14H21ClO3S. The second-order valence-corrected chi connectivity index (χ2v) is 7.38. The van der Waals surface area contributed by atoms with Gasteiger partial charge in [-0.2, -0.15) is 0 Å². The van der Waals surface area contributed by atoms with E-state index in [1.807, 2.05) is 24.3 Å². The zero-order valence-electron chi connectivity index (χ0n) is 11.4. The monoisotopic (exact) mass is 304 g/mol. The third-order valence-corrected chi connectivity index (χ3v) is 4.51. The molecule has 0 aliphatic rings. The van der Waals surface area contributed by atoms with Crippen molar-refractivity contribution in [2.24, 2.45) is 5.92 Å². The highest BCUT2D eigenvalue weighted by molar-refractivity contribution is 7.90. The van der Waals surface area contributed by atoms with Crippen LogP contribution in [0.4, 0.5) is 0 Å². The van der Waals surface area contributed by atoms with Crippen LogP contribution >= 0.6 is 11.6 Å². The van der Waals surface area contributed by atoms with Crippen LogP contribution < -0.4 is 4.74 Å². The van der Waals surface area contributed by atoms with Crippen molar-refractivity contribution in [3.05, 3.63) is 29.8 Å². The van der Waals surface area contributed by atoms with Gasteiger partial charge in [-0.1, -0.05) is 18.2 Å². The average Bonchev–Trinajstić information content (AvgIpc) is 2.36. The Morgan fingerprint density at radius 3 is 2.58 bits per heavy atom. The maximum absolute atomic E-state index is 11.1. The minimum atomic E-state index is -2.88. The van der Waals surface area contributed by atoms with Crippen molar-refractivity contribution in [1.29, 1.82) is 0 Å². The SMILES string of the molecule is COc1ccccc1CC(CCl)CCCS(C)(=O)=O. The highest BCUT2D eigenvalue weighted by Crippen LogP contribution is 2.23. The summed E-state index contributed by atoms with van der Waals surface area (Å²) in [5.74, 6) is 1.90. The molecule has 0 radical (unpaired) electrons. The van der Waals surface area contributed by atoms with E-state index in [2.05, 4.69) is 0 Å². The summed E-state index contributed by atoms with van der Waals surface area (Å²) in [4.78, 5) is 0. The quantitative estimate of drug-likeness (QED) is 0.694. The number of hydrogen-bond acceptors (Lipinski definition) is 3. The predicted octanol–water partition coefficient (Wildman–Crippen LogP) is 2.92.